The number of aliphatic carboxylic acids is 1. The van der Waals surface area contributed by atoms with Crippen LogP contribution in [0.4, 0.5) is 0 Å². The van der Waals surface area contributed by atoms with Crippen LogP contribution in [-0.2, 0) is 33.3 Å². The normalized spacial score (nSPS) is 12.8. The predicted octanol–water partition coefficient (Wildman–Crippen LogP) is 23.9. The molecule has 0 saturated carbocycles. The number of carboxylic acid groups (broad SMARTS) is 1. The molecule has 0 aliphatic rings. The average molecular weight is 1230 g/mol. The van der Waals surface area contributed by atoms with Gasteiger partial charge < -0.3 is 28.5 Å². The van der Waals surface area contributed by atoms with Crippen molar-refractivity contribution in [2.75, 3.05) is 47.5 Å². The molecule has 0 saturated heterocycles. The van der Waals surface area contributed by atoms with Crippen LogP contribution in [0.5, 0.6) is 0 Å². The van der Waals surface area contributed by atoms with Gasteiger partial charge in [0.1, 0.15) is 13.2 Å². The standard InChI is InChI=1S/C78H147NO8/c1-6-8-10-12-14-16-18-20-22-24-26-28-30-32-33-34-35-36-37-38-39-40-41-42-43-45-46-48-50-52-54-56-58-60-62-64-66-68-75(80)85-72-74(73-86-78(77(82)83)84-71-70-79(3,4)5)87-76(81)69-67-65-63-61-59-57-55-53-51-49-47-44-31-29-27-25-23-21-19-17-15-13-11-9-7-2/h19,21,25,27,31,44,74,78H,6-18,20,22-24,26,28-30,32-43,45-73H2,1-5H3/p+1/b21-19-,27-25-,44-31-. The highest BCUT2D eigenvalue weighted by Crippen LogP contribution is 2.19. The van der Waals surface area contributed by atoms with Crippen molar-refractivity contribution in [1.29, 1.82) is 0 Å². The van der Waals surface area contributed by atoms with Crippen molar-refractivity contribution in [3.05, 3.63) is 36.5 Å². The van der Waals surface area contributed by atoms with E-state index in [1.165, 1.54) is 302 Å². The third-order valence-electron chi connectivity index (χ3n) is 17.4. The van der Waals surface area contributed by atoms with Crippen LogP contribution >= 0.6 is 0 Å². The first-order valence-corrected chi connectivity index (χ1v) is 38.2. The van der Waals surface area contributed by atoms with E-state index in [0.717, 1.165) is 57.8 Å². The highest BCUT2D eigenvalue weighted by Gasteiger charge is 2.25. The minimum atomic E-state index is -1.51. The minimum Gasteiger partial charge on any atom is -0.477 e. The van der Waals surface area contributed by atoms with Gasteiger partial charge in [0, 0.05) is 12.8 Å². The van der Waals surface area contributed by atoms with Gasteiger partial charge in [-0.2, -0.15) is 0 Å². The fourth-order valence-corrected chi connectivity index (χ4v) is 11.6. The van der Waals surface area contributed by atoms with Crippen molar-refractivity contribution in [3.8, 4) is 0 Å². The number of carboxylic acids is 1. The fraction of sp³-hybridized carbons (Fsp3) is 0.885. The summed E-state index contributed by atoms with van der Waals surface area (Å²) in [4.78, 5) is 37.7. The molecule has 0 aromatic heterocycles. The quantitative estimate of drug-likeness (QED) is 0.0211. The van der Waals surface area contributed by atoms with Gasteiger partial charge in [-0.25, -0.2) is 4.79 Å². The SMILES string of the molecule is CCCCCCC/C=C\C/C=C\C/C=C\CCCCCCCCCCCCC(=O)OC(COC(=O)CCCCCCCCCCCCCCCCCCCCCCCCCCCCCCCCCCCCCCC)COC(OCC[N+](C)(C)C)C(=O)O. The first kappa shape index (κ1) is 84.5. The van der Waals surface area contributed by atoms with Gasteiger partial charge in [-0.15, -0.1) is 0 Å². The Hall–Kier alpha value is -2.49. The van der Waals surface area contributed by atoms with E-state index < -0.39 is 24.3 Å². The zero-order valence-corrected chi connectivity index (χ0v) is 58.7. The van der Waals surface area contributed by atoms with Crippen molar-refractivity contribution < 1.29 is 42.9 Å². The predicted molar refractivity (Wildman–Crippen MR) is 374 cm³/mol. The molecular weight excluding hydrogens is 1080 g/mol. The lowest BCUT2D eigenvalue weighted by atomic mass is 10.0. The number of nitrogens with zero attached hydrogens (tertiary/aromatic N) is 1. The first-order valence-electron chi connectivity index (χ1n) is 38.2. The summed E-state index contributed by atoms with van der Waals surface area (Å²) in [6.07, 6.45) is 85.8. The lowest BCUT2D eigenvalue weighted by Gasteiger charge is -2.25. The van der Waals surface area contributed by atoms with E-state index in [-0.39, 0.29) is 32.2 Å². The largest absolute Gasteiger partial charge is 0.477 e. The van der Waals surface area contributed by atoms with Crippen LogP contribution in [-0.4, -0.2) is 87.4 Å². The summed E-state index contributed by atoms with van der Waals surface area (Å²) in [5.41, 5.74) is 0. The summed E-state index contributed by atoms with van der Waals surface area (Å²) < 4.78 is 23.0. The number of esters is 2. The maximum absolute atomic E-state index is 12.9. The molecule has 2 unspecified atom stereocenters. The average Bonchev–Trinajstić information content (AvgIpc) is 3.59. The second-order valence-corrected chi connectivity index (χ2v) is 27.3. The Labute approximate surface area is 540 Å². The molecule has 512 valence electrons. The van der Waals surface area contributed by atoms with Gasteiger partial charge in [0.05, 0.1) is 34.4 Å². The van der Waals surface area contributed by atoms with Crippen LogP contribution in [0.1, 0.15) is 386 Å². The van der Waals surface area contributed by atoms with Gasteiger partial charge in [-0.3, -0.25) is 9.59 Å². The number of unbranched alkanes of at least 4 members (excludes halogenated alkanes) is 51. The monoisotopic (exact) mass is 1230 g/mol. The number of carbonyl (C=O) groups is 3. The maximum atomic E-state index is 12.9. The molecule has 0 amide bonds. The van der Waals surface area contributed by atoms with E-state index in [4.69, 9.17) is 18.9 Å². The number of ether oxygens (including phenoxy) is 4. The molecule has 9 nitrogen and oxygen atoms in total. The number of quaternary nitrogens is 1. The number of allylic oxidation sites excluding steroid dienone is 6. The molecule has 2 atom stereocenters. The smallest absolute Gasteiger partial charge is 0.361 e. The lowest BCUT2D eigenvalue weighted by Crippen LogP contribution is -2.40. The zero-order valence-electron chi connectivity index (χ0n) is 58.7. The Balaban J connectivity index is 3.98. The van der Waals surface area contributed by atoms with Crippen molar-refractivity contribution in [2.24, 2.45) is 0 Å². The van der Waals surface area contributed by atoms with Crippen molar-refractivity contribution in [1.82, 2.24) is 0 Å². The third-order valence-corrected chi connectivity index (χ3v) is 17.4. The van der Waals surface area contributed by atoms with E-state index in [2.05, 4.69) is 50.3 Å². The highest BCUT2D eigenvalue weighted by molar-refractivity contribution is 5.71. The van der Waals surface area contributed by atoms with E-state index in [0.29, 0.717) is 17.4 Å². The van der Waals surface area contributed by atoms with Gasteiger partial charge >= 0.3 is 17.9 Å². The Morgan fingerprint density at radius 2 is 0.621 bits per heavy atom. The maximum Gasteiger partial charge on any atom is 0.361 e. The Morgan fingerprint density at radius 1 is 0.345 bits per heavy atom. The van der Waals surface area contributed by atoms with Gasteiger partial charge in [0.2, 0.25) is 0 Å². The first-order chi connectivity index (χ1) is 42.6. The van der Waals surface area contributed by atoms with Crippen LogP contribution in [0.2, 0.25) is 0 Å². The molecule has 0 aliphatic heterocycles. The molecule has 0 heterocycles. The third kappa shape index (κ3) is 70.8. The Bertz CT molecular complexity index is 1520. The molecule has 0 rings (SSSR count). The number of hydrogen-bond donors (Lipinski definition) is 1. The summed E-state index contributed by atoms with van der Waals surface area (Å²) in [5.74, 6) is -1.98. The lowest BCUT2D eigenvalue weighted by molar-refractivity contribution is -0.870. The second kappa shape index (κ2) is 69.4. The van der Waals surface area contributed by atoms with Gasteiger partial charge in [-0.1, -0.05) is 359 Å². The Kier molecular flexibility index (Phi) is 67.4. The van der Waals surface area contributed by atoms with Crippen molar-refractivity contribution in [2.45, 2.75) is 399 Å². The van der Waals surface area contributed by atoms with E-state index in [1.807, 2.05) is 21.1 Å². The number of hydrogen-bond acceptors (Lipinski definition) is 7. The summed E-state index contributed by atoms with van der Waals surface area (Å²) in [7, 11) is 5.99. The molecule has 1 N–H and O–H groups in total. The molecule has 0 radical (unpaired) electrons. The van der Waals surface area contributed by atoms with Crippen LogP contribution in [0.15, 0.2) is 36.5 Å². The van der Waals surface area contributed by atoms with E-state index in [9.17, 15) is 19.5 Å². The van der Waals surface area contributed by atoms with Gasteiger partial charge in [-0.05, 0) is 51.4 Å². The van der Waals surface area contributed by atoms with Crippen LogP contribution in [0.25, 0.3) is 0 Å². The van der Waals surface area contributed by atoms with E-state index >= 15 is 0 Å². The molecule has 0 aliphatic carbocycles. The van der Waals surface area contributed by atoms with Gasteiger partial charge in [0.15, 0.2) is 6.10 Å². The number of rotatable bonds is 72. The number of likely N-dealkylation sites (N-methyl/N-ethyl adjacent to an activating group) is 1. The van der Waals surface area contributed by atoms with Gasteiger partial charge in [0.25, 0.3) is 6.29 Å². The molecule has 0 bridgehead atoms. The minimum absolute atomic E-state index is 0.179. The van der Waals surface area contributed by atoms with Crippen LogP contribution < -0.4 is 0 Å². The van der Waals surface area contributed by atoms with Crippen molar-refractivity contribution >= 4 is 17.9 Å². The summed E-state index contributed by atoms with van der Waals surface area (Å²) in [5, 5.41) is 9.75. The molecule has 0 aromatic rings. The van der Waals surface area contributed by atoms with Crippen molar-refractivity contribution in [3.63, 3.8) is 0 Å². The van der Waals surface area contributed by atoms with Crippen LogP contribution in [0.3, 0.4) is 0 Å². The van der Waals surface area contributed by atoms with Crippen LogP contribution in [0, 0.1) is 0 Å². The molecule has 9 heteroatoms. The van der Waals surface area contributed by atoms with E-state index in [1.54, 1.807) is 0 Å². The second-order valence-electron chi connectivity index (χ2n) is 27.3. The Morgan fingerprint density at radius 3 is 0.920 bits per heavy atom. The molecule has 0 spiro atoms. The molecule has 0 aromatic carbocycles. The molecule has 87 heavy (non-hydrogen) atoms. The summed E-state index contributed by atoms with van der Waals surface area (Å²) in [6.45, 7) is 4.93. The molecular formula is C78H148NO8+. The fourth-order valence-electron chi connectivity index (χ4n) is 11.6. The summed E-state index contributed by atoms with van der Waals surface area (Å²) in [6, 6.07) is 0. The number of carbonyl (C=O) groups excluding carboxylic acids is 2. The topological polar surface area (TPSA) is 108 Å². The highest BCUT2D eigenvalue weighted by atomic mass is 16.7. The molecule has 0 fully saturated rings. The summed E-state index contributed by atoms with van der Waals surface area (Å²) >= 11 is 0. The zero-order chi connectivity index (χ0) is 63.3.